The highest BCUT2D eigenvalue weighted by Gasteiger charge is 2.63. The lowest BCUT2D eigenvalue weighted by Crippen LogP contribution is -2.43. The molecule has 2 aliphatic rings. The number of rotatable bonds is 6. The Morgan fingerprint density at radius 2 is 1.94 bits per heavy atom. The normalized spacial score (nSPS) is 19.7. The number of fused-ring (bicyclic) bond motifs is 1. The number of carbonyl (C=O) groups is 1. The number of hydrogen-bond donors (Lipinski definition) is 1. The monoisotopic (exact) mass is 533 g/mol. The Bertz CT molecular complexity index is 1120. The van der Waals surface area contributed by atoms with Gasteiger partial charge in [0.05, 0.1) is 17.8 Å². The number of amidine groups is 1. The third-order valence-corrected chi connectivity index (χ3v) is 7.93. The number of hydrogen-bond acceptors (Lipinski definition) is 5. The molecule has 34 heavy (non-hydrogen) atoms. The van der Waals surface area contributed by atoms with Crippen LogP contribution in [-0.2, 0) is 23.5 Å². The van der Waals surface area contributed by atoms with Crippen molar-refractivity contribution in [3.05, 3.63) is 54.7 Å². The van der Waals surface area contributed by atoms with E-state index in [1.54, 1.807) is 4.90 Å². The Hall–Kier alpha value is -1.97. The van der Waals surface area contributed by atoms with Gasteiger partial charge in [0, 0.05) is 33.6 Å². The van der Waals surface area contributed by atoms with Gasteiger partial charge < -0.3 is 15.1 Å². The Kier molecular flexibility index (Phi) is 7.09. The fourth-order valence-corrected chi connectivity index (χ4v) is 6.04. The number of halogens is 5. The van der Waals surface area contributed by atoms with Crippen LogP contribution in [0.25, 0.3) is 0 Å². The van der Waals surface area contributed by atoms with Crippen LogP contribution in [-0.4, -0.2) is 29.4 Å². The van der Waals surface area contributed by atoms with Crippen LogP contribution in [0.4, 0.5) is 13.2 Å². The molecule has 2 aromatic rings. The largest absolute Gasteiger partial charge is 0.435 e. The number of amides is 1. The van der Waals surface area contributed by atoms with Crippen LogP contribution in [0.5, 0.6) is 0 Å². The van der Waals surface area contributed by atoms with E-state index in [-0.39, 0.29) is 27.4 Å². The van der Waals surface area contributed by atoms with E-state index in [4.69, 9.17) is 28.0 Å². The molecule has 184 valence electrons. The van der Waals surface area contributed by atoms with Gasteiger partial charge in [0.2, 0.25) is 0 Å². The first-order chi connectivity index (χ1) is 16.1. The molecule has 1 atom stereocenters. The summed E-state index contributed by atoms with van der Waals surface area (Å²) >= 11 is 13.3. The zero-order valence-electron chi connectivity index (χ0n) is 18.7. The zero-order chi connectivity index (χ0) is 24.7. The minimum Gasteiger partial charge on any atom is -0.372 e. The molecule has 4 rings (SSSR count). The molecule has 0 saturated carbocycles. The maximum Gasteiger partial charge on any atom is 0.435 e. The summed E-state index contributed by atoms with van der Waals surface area (Å²) in [7, 11) is 0. The zero-order valence-corrected chi connectivity index (χ0v) is 21.0. The lowest BCUT2D eigenvalue weighted by atomic mass is 9.89. The van der Waals surface area contributed by atoms with Gasteiger partial charge in [0.15, 0.2) is 0 Å². The van der Waals surface area contributed by atoms with Gasteiger partial charge >= 0.3 is 6.18 Å². The highest BCUT2D eigenvalue weighted by molar-refractivity contribution is 7.14. The average Bonchev–Trinajstić information content (AvgIpc) is 3.45. The second-order valence-electron chi connectivity index (χ2n) is 8.54. The van der Waals surface area contributed by atoms with Gasteiger partial charge in [-0.05, 0) is 42.7 Å². The first-order valence-corrected chi connectivity index (χ1v) is 12.6. The molecule has 0 aliphatic carbocycles. The van der Waals surface area contributed by atoms with E-state index in [1.165, 1.54) is 29.5 Å². The first kappa shape index (κ1) is 25.1. The van der Waals surface area contributed by atoms with Crippen molar-refractivity contribution < 1.29 is 22.8 Å². The summed E-state index contributed by atoms with van der Waals surface area (Å²) in [4.78, 5) is 21.0. The molecule has 1 unspecified atom stereocenters. The fourth-order valence-electron chi connectivity index (χ4n) is 4.26. The molecule has 1 amide bonds. The summed E-state index contributed by atoms with van der Waals surface area (Å²) in [5.41, 5.74) is -1.03. The number of nitrogens with one attached hydrogen (secondary N) is 1. The molecule has 2 aliphatic heterocycles. The number of benzene rings is 1. The van der Waals surface area contributed by atoms with Crippen molar-refractivity contribution in [3.8, 4) is 0 Å². The van der Waals surface area contributed by atoms with E-state index < -0.39 is 18.2 Å². The van der Waals surface area contributed by atoms with Crippen molar-refractivity contribution >= 4 is 46.3 Å². The van der Waals surface area contributed by atoms with Gasteiger partial charge in [0.1, 0.15) is 5.84 Å². The second kappa shape index (κ2) is 9.59. The minimum absolute atomic E-state index is 0.0858. The van der Waals surface area contributed by atoms with E-state index in [0.717, 1.165) is 35.3 Å². The number of carbonyl (C=O) groups excluding carboxylic acids is 1. The summed E-state index contributed by atoms with van der Waals surface area (Å²) in [6.07, 6.45) is -2.17. The van der Waals surface area contributed by atoms with Crippen LogP contribution < -0.4 is 5.32 Å². The Morgan fingerprint density at radius 1 is 1.24 bits per heavy atom. The standard InChI is InChI=1S/C23H24Cl2F3N3O2S/c1-3-4-5-6-29-21(32)20-13(2)17-11-31(12-18(17)34-20)19-10-22(33-30-19,23(26,27)28)14-7-15(24)9-16(25)8-14/h7-9H,3-6,10-12H2,1-2H3,(H,29,32). The molecule has 0 radical (unpaired) electrons. The molecule has 0 spiro atoms. The van der Waals surface area contributed by atoms with Gasteiger partial charge in [-0.25, -0.2) is 0 Å². The number of unbranched alkanes of at least 4 members (excludes halogenated alkanes) is 2. The average molecular weight is 534 g/mol. The van der Waals surface area contributed by atoms with Crippen LogP contribution in [0.3, 0.4) is 0 Å². The first-order valence-electron chi connectivity index (χ1n) is 11.0. The molecule has 1 aromatic heterocycles. The van der Waals surface area contributed by atoms with Crippen LogP contribution in [0.15, 0.2) is 23.4 Å². The van der Waals surface area contributed by atoms with Gasteiger partial charge in [-0.15, -0.1) is 11.3 Å². The Morgan fingerprint density at radius 3 is 2.56 bits per heavy atom. The Labute approximate surface area is 209 Å². The minimum atomic E-state index is -4.74. The molecular formula is C23H24Cl2F3N3O2S. The molecule has 0 bridgehead atoms. The number of oxime groups is 1. The number of thiophene rings is 1. The molecule has 0 fully saturated rings. The highest BCUT2D eigenvalue weighted by Crippen LogP contribution is 2.50. The van der Waals surface area contributed by atoms with Crippen LogP contribution in [0.2, 0.25) is 10.0 Å². The van der Waals surface area contributed by atoms with E-state index >= 15 is 0 Å². The quantitative estimate of drug-likeness (QED) is 0.416. The second-order valence-corrected chi connectivity index (χ2v) is 10.5. The van der Waals surface area contributed by atoms with Crippen molar-refractivity contribution in [2.24, 2.45) is 5.16 Å². The molecule has 3 heterocycles. The van der Waals surface area contributed by atoms with Gasteiger partial charge in [-0.2, -0.15) is 13.2 Å². The predicted octanol–water partition coefficient (Wildman–Crippen LogP) is 6.79. The van der Waals surface area contributed by atoms with Crippen molar-refractivity contribution in [1.29, 1.82) is 0 Å². The molecule has 5 nitrogen and oxygen atoms in total. The maximum absolute atomic E-state index is 14.2. The third-order valence-electron chi connectivity index (χ3n) is 6.18. The Balaban J connectivity index is 1.50. The molecule has 0 saturated heterocycles. The fraction of sp³-hybridized carbons (Fsp3) is 0.478. The van der Waals surface area contributed by atoms with Gasteiger partial charge in [-0.1, -0.05) is 48.1 Å². The summed E-state index contributed by atoms with van der Waals surface area (Å²) in [5, 5.41) is 6.97. The van der Waals surface area contributed by atoms with E-state index in [2.05, 4.69) is 17.4 Å². The lowest BCUT2D eigenvalue weighted by molar-refractivity contribution is -0.275. The van der Waals surface area contributed by atoms with Crippen molar-refractivity contribution in [1.82, 2.24) is 10.2 Å². The van der Waals surface area contributed by atoms with E-state index in [1.807, 2.05) is 6.92 Å². The van der Waals surface area contributed by atoms with Crippen molar-refractivity contribution in [3.63, 3.8) is 0 Å². The lowest BCUT2D eigenvalue weighted by Gasteiger charge is -2.30. The third kappa shape index (κ3) is 4.62. The topological polar surface area (TPSA) is 53.9 Å². The van der Waals surface area contributed by atoms with E-state index in [0.29, 0.717) is 24.5 Å². The summed E-state index contributed by atoms with van der Waals surface area (Å²) in [5.74, 6) is 0.0943. The SMILES string of the molecule is CCCCCNC(=O)c1sc2c(c1C)CN(C1=NOC(c3cc(Cl)cc(Cl)c3)(C(F)(F)F)C1)C2. The van der Waals surface area contributed by atoms with Gasteiger partial charge in [0.25, 0.3) is 11.5 Å². The maximum atomic E-state index is 14.2. The summed E-state index contributed by atoms with van der Waals surface area (Å²) < 4.78 is 42.7. The van der Waals surface area contributed by atoms with Crippen LogP contribution >= 0.6 is 34.5 Å². The summed E-state index contributed by atoms with van der Waals surface area (Å²) in [6, 6.07) is 3.78. The van der Waals surface area contributed by atoms with Crippen LogP contribution in [0.1, 0.15) is 63.8 Å². The predicted molar refractivity (Wildman–Crippen MR) is 127 cm³/mol. The number of alkyl halides is 3. The molecule has 11 heteroatoms. The van der Waals surface area contributed by atoms with Crippen LogP contribution in [0, 0.1) is 6.92 Å². The number of nitrogens with zero attached hydrogens (tertiary/aromatic N) is 2. The van der Waals surface area contributed by atoms with Crippen molar-refractivity contribution in [2.45, 2.75) is 64.4 Å². The smallest absolute Gasteiger partial charge is 0.372 e. The molecular weight excluding hydrogens is 510 g/mol. The van der Waals surface area contributed by atoms with E-state index in [9.17, 15) is 18.0 Å². The molecule has 1 aromatic carbocycles. The summed E-state index contributed by atoms with van der Waals surface area (Å²) in [6.45, 7) is 5.34. The van der Waals surface area contributed by atoms with Crippen molar-refractivity contribution in [2.75, 3.05) is 6.54 Å². The van der Waals surface area contributed by atoms with Gasteiger partial charge in [-0.3, -0.25) is 4.79 Å². The molecule has 1 N–H and O–H groups in total. The highest BCUT2D eigenvalue weighted by atomic mass is 35.5.